The SMILES string of the molecule is CC(C)(C)N=NC(C)(CCC(=O)OOC(=O)CCC(C)(N=NC(C)(C)C)Sc1ccccc1)Sc1ccccc1. The van der Waals surface area contributed by atoms with E-state index in [0.29, 0.717) is 12.8 Å². The number of nitrogens with zero attached hydrogens (tertiary/aromatic N) is 4. The highest BCUT2D eigenvalue weighted by Crippen LogP contribution is 2.40. The third-order valence-corrected chi connectivity index (χ3v) is 7.57. The monoisotopic (exact) mass is 586 g/mol. The van der Waals surface area contributed by atoms with E-state index in [1.807, 2.05) is 116 Å². The molecule has 2 atom stereocenters. The summed E-state index contributed by atoms with van der Waals surface area (Å²) in [5.74, 6) is -1.29. The van der Waals surface area contributed by atoms with E-state index in [1.165, 1.54) is 23.5 Å². The Kier molecular flexibility index (Phi) is 12.4. The highest BCUT2D eigenvalue weighted by atomic mass is 32.2. The van der Waals surface area contributed by atoms with Gasteiger partial charge in [0.15, 0.2) is 0 Å². The van der Waals surface area contributed by atoms with Crippen LogP contribution in [-0.4, -0.2) is 32.8 Å². The number of rotatable bonds is 12. The zero-order chi connectivity index (χ0) is 29.9. The van der Waals surface area contributed by atoms with Gasteiger partial charge >= 0.3 is 11.9 Å². The molecule has 0 N–H and O–H groups in total. The molecule has 2 unspecified atom stereocenters. The molecule has 0 spiro atoms. The average molecular weight is 587 g/mol. The molecule has 0 aliphatic heterocycles. The van der Waals surface area contributed by atoms with Gasteiger partial charge < -0.3 is 0 Å². The van der Waals surface area contributed by atoms with E-state index in [0.717, 1.165) is 9.79 Å². The Labute approximate surface area is 247 Å². The van der Waals surface area contributed by atoms with Crippen LogP contribution in [0.25, 0.3) is 0 Å². The van der Waals surface area contributed by atoms with Crippen LogP contribution in [0.15, 0.2) is 90.9 Å². The van der Waals surface area contributed by atoms with Crippen LogP contribution in [0.1, 0.15) is 81.1 Å². The Hall–Kier alpha value is -2.72. The zero-order valence-electron chi connectivity index (χ0n) is 24.8. The minimum atomic E-state index is -0.702. The van der Waals surface area contributed by atoms with E-state index in [4.69, 9.17) is 9.78 Å². The van der Waals surface area contributed by atoms with E-state index in [-0.39, 0.29) is 23.9 Å². The average Bonchev–Trinajstić information content (AvgIpc) is 2.88. The summed E-state index contributed by atoms with van der Waals surface area (Å²) in [7, 11) is 0. The van der Waals surface area contributed by atoms with E-state index < -0.39 is 21.7 Å². The Morgan fingerprint density at radius 2 is 0.900 bits per heavy atom. The van der Waals surface area contributed by atoms with Gasteiger partial charge in [0.25, 0.3) is 0 Å². The maximum Gasteiger partial charge on any atom is 0.355 e. The van der Waals surface area contributed by atoms with Crippen LogP contribution in [-0.2, 0) is 19.4 Å². The fourth-order valence-electron chi connectivity index (χ4n) is 3.08. The van der Waals surface area contributed by atoms with Gasteiger partial charge in [-0.1, -0.05) is 59.9 Å². The number of thioether (sulfide) groups is 2. The van der Waals surface area contributed by atoms with Crippen LogP contribution < -0.4 is 0 Å². The molecule has 0 saturated carbocycles. The lowest BCUT2D eigenvalue weighted by atomic mass is 10.1. The Balaban J connectivity index is 1.95. The first-order valence-electron chi connectivity index (χ1n) is 13.3. The Bertz CT molecular complexity index is 1060. The first-order chi connectivity index (χ1) is 18.6. The summed E-state index contributed by atoms with van der Waals surface area (Å²) in [5.41, 5.74) is -0.706. The van der Waals surface area contributed by atoms with Crippen LogP contribution in [0.2, 0.25) is 0 Å². The lowest BCUT2D eigenvalue weighted by Crippen LogP contribution is -2.23. The predicted octanol–water partition coefficient (Wildman–Crippen LogP) is 9.07. The molecule has 2 rings (SSSR count). The van der Waals surface area contributed by atoms with Crippen molar-refractivity contribution in [2.24, 2.45) is 20.5 Å². The second-order valence-corrected chi connectivity index (χ2v) is 14.9. The summed E-state index contributed by atoms with van der Waals surface area (Å²) in [5, 5.41) is 18.0. The van der Waals surface area contributed by atoms with Gasteiger partial charge in [-0.2, -0.15) is 20.5 Å². The van der Waals surface area contributed by atoms with E-state index in [9.17, 15) is 9.59 Å². The fourth-order valence-corrected chi connectivity index (χ4v) is 5.26. The number of benzene rings is 2. The number of hydrogen-bond donors (Lipinski definition) is 0. The Morgan fingerprint density at radius 1 is 0.575 bits per heavy atom. The number of azo groups is 2. The number of carbonyl (C=O) groups excluding carboxylic acids is 2. The van der Waals surface area contributed by atoms with Gasteiger partial charge in [0.2, 0.25) is 0 Å². The molecule has 2 aromatic carbocycles. The molecule has 0 radical (unpaired) electrons. The lowest BCUT2D eigenvalue weighted by Gasteiger charge is -2.25. The summed E-state index contributed by atoms with van der Waals surface area (Å²) < 4.78 is 0. The van der Waals surface area contributed by atoms with Gasteiger partial charge in [-0.15, -0.1) is 0 Å². The smallest absolute Gasteiger partial charge is 0.247 e. The second kappa shape index (κ2) is 14.8. The third-order valence-electron chi connectivity index (χ3n) is 5.10. The van der Waals surface area contributed by atoms with Crippen LogP contribution in [0.5, 0.6) is 0 Å². The minimum absolute atomic E-state index is 0.00808. The van der Waals surface area contributed by atoms with E-state index in [1.54, 1.807) is 0 Å². The summed E-state index contributed by atoms with van der Waals surface area (Å²) in [6.45, 7) is 15.6. The van der Waals surface area contributed by atoms with Crippen molar-refractivity contribution >= 4 is 35.5 Å². The molecule has 2 aromatic rings. The molecule has 0 fully saturated rings. The first kappa shape index (κ1) is 33.5. The molecule has 40 heavy (non-hydrogen) atoms. The van der Waals surface area contributed by atoms with Crippen LogP contribution >= 0.6 is 23.5 Å². The van der Waals surface area contributed by atoms with Crippen LogP contribution in [0, 0.1) is 0 Å². The van der Waals surface area contributed by atoms with Gasteiger partial charge in [-0.05, 0) is 92.5 Å². The Morgan fingerprint density at radius 3 is 1.20 bits per heavy atom. The van der Waals surface area contributed by atoms with Crippen molar-refractivity contribution in [3.8, 4) is 0 Å². The molecule has 10 heteroatoms. The molecule has 0 aromatic heterocycles. The molecule has 218 valence electrons. The maximum atomic E-state index is 12.5. The molecule has 0 aliphatic carbocycles. The van der Waals surface area contributed by atoms with Crippen molar-refractivity contribution in [3.05, 3.63) is 60.7 Å². The first-order valence-corrected chi connectivity index (χ1v) is 15.0. The van der Waals surface area contributed by atoms with Gasteiger partial charge in [-0.25, -0.2) is 19.4 Å². The fraction of sp³-hybridized carbons (Fsp3) is 0.533. The van der Waals surface area contributed by atoms with Crippen LogP contribution in [0.3, 0.4) is 0 Å². The molecule has 0 amide bonds. The predicted molar refractivity (Wildman–Crippen MR) is 161 cm³/mol. The molecule has 8 nitrogen and oxygen atoms in total. The van der Waals surface area contributed by atoms with Crippen molar-refractivity contribution < 1.29 is 19.4 Å². The topological polar surface area (TPSA) is 102 Å². The molecule has 0 saturated heterocycles. The standard InChI is InChI=1S/C30H42N4O4S2/c1-27(2,3)31-33-29(7,39-23-15-11-9-12-16-23)21-19-25(35)37-38-26(36)20-22-30(8,34-32-28(4,5)6)40-24-17-13-10-14-18-24/h9-18H,19-22H2,1-8H3. The third kappa shape index (κ3) is 14.1. The lowest BCUT2D eigenvalue weighted by molar-refractivity contribution is -0.259. The van der Waals surface area contributed by atoms with Gasteiger partial charge in [0, 0.05) is 9.79 Å². The van der Waals surface area contributed by atoms with Crippen molar-refractivity contribution in [1.82, 2.24) is 0 Å². The molecular weight excluding hydrogens is 544 g/mol. The largest absolute Gasteiger partial charge is 0.355 e. The highest BCUT2D eigenvalue weighted by molar-refractivity contribution is 8.00. The van der Waals surface area contributed by atoms with Crippen LogP contribution in [0.4, 0.5) is 0 Å². The summed E-state index contributed by atoms with van der Waals surface area (Å²) in [4.78, 5) is 35.3. The molecule has 0 aliphatic rings. The normalized spacial score (nSPS) is 15.5. The molecule has 0 bridgehead atoms. The van der Waals surface area contributed by atoms with Crippen molar-refractivity contribution in [1.29, 1.82) is 0 Å². The quantitative estimate of drug-likeness (QED) is 0.106. The van der Waals surface area contributed by atoms with Gasteiger partial charge in [0.05, 0.1) is 23.9 Å². The van der Waals surface area contributed by atoms with E-state index in [2.05, 4.69) is 20.5 Å². The number of hydrogen-bond acceptors (Lipinski definition) is 10. The summed E-state index contributed by atoms with van der Waals surface area (Å²) in [6, 6.07) is 19.6. The maximum absolute atomic E-state index is 12.5. The van der Waals surface area contributed by atoms with Crippen molar-refractivity contribution in [2.45, 2.75) is 112 Å². The van der Waals surface area contributed by atoms with Gasteiger partial charge in [-0.3, -0.25) is 0 Å². The minimum Gasteiger partial charge on any atom is -0.247 e. The molecular formula is C30H42N4O4S2. The number of carbonyl (C=O) groups is 2. The van der Waals surface area contributed by atoms with Gasteiger partial charge in [0.1, 0.15) is 9.74 Å². The summed E-state index contributed by atoms with van der Waals surface area (Å²) >= 11 is 3.04. The zero-order valence-corrected chi connectivity index (χ0v) is 26.5. The van der Waals surface area contributed by atoms with Crippen molar-refractivity contribution in [2.75, 3.05) is 0 Å². The van der Waals surface area contributed by atoms with E-state index >= 15 is 0 Å². The van der Waals surface area contributed by atoms with Crippen molar-refractivity contribution in [3.63, 3.8) is 0 Å². The summed E-state index contributed by atoms with van der Waals surface area (Å²) in [6.07, 6.45) is 0.714. The molecule has 0 heterocycles. The highest BCUT2D eigenvalue weighted by Gasteiger charge is 2.30. The second-order valence-electron chi connectivity index (χ2n) is 11.8.